The summed E-state index contributed by atoms with van der Waals surface area (Å²) >= 11 is 0. The maximum absolute atomic E-state index is 12.9. The Bertz CT molecular complexity index is 1200. The Balaban J connectivity index is 2.25. The number of hydrogen-bond acceptors (Lipinski definition) is 11. The number of aryl methyl sites for hydroxylation is 1. The standard InChI is InChI=1S/C21H27N2O11P/c1-13-10-22(21(29)23(17(13)26)18(27)14-8-6-5-7-9-14)11-15(24)16(25)12-34-20(19(28)31-2)35(30,32-3)33-4/h5-10,15-16,20,24-25H,11-12H2,1-4H3/t15-,16+,20?/m1/s1. The number of rotatable bonds is 11. The Hall–Kier alpha value is -2.93. The number of aromatic nitrogens is 2. The van der Waals surface area contributed by atoms with Gasteiger partial charge in [0.25, 0.3) is 17.3 Å². The third kappa shape index (κ3) is 6.40. The molecular formula is C21H27N2O11P. The first-order valence-corrected chi connectivity index (χ1v) is 11.8. The zero-order valence-electron chi connectivity index (χ0n) is 19.5. The van der Waals surface area contributed by atoms with Crippen LogP contribution in [0.4, 0.5) is 0 Å². The van der Waals surface area contributed by atoms with Crippen LogP contribution in [0, 0.1) is 6.92 Å². The quantitative estimate of drug-likeness (QED) is 0.299. The molecule has 2 rings (SSSR count). The van der Waals surface area contributed by atoms with E-state index in [1.54, 1.807) is 18.2 Å². The Labute approximate surface area is 200 Å². The van der Waals surface area contributed by atoms with Gasteiger partial charge in [0.2, 0.25) is 0 Å². The molecule has 3 atom stereocenters. The molecule has 0 saturated carbocycles. The van der Waals surface area contributed by atoms with E-state index in [1.165, 1.54) is 19.1 Å². The summed E-state index contributed by atoms with van der Waals surface area (Å²) in [4.78, 5) is 50.1. The molecule has 1 aromatic carbocycles. The summed E-state index contributed by atoms with van der Waals surface area (Å²) in [5, 5.41) is 20.7. The number of esters is 1. The highest BCUT2D eigenvalue weighted by molar-refractivity contribution is 7.55. The molecule has 2 aromatic rings. The normalized spacial score (nSPS) is 14.2. The summed E-state index contributed by atoms with van der Waals surface area (Å²) in [5.41, 5.74) is -1.71. The minimum atomic E-state index is -4.10. The van der Waals surface area contributed by atoms with Crippen molar-refractivity contribution in [2.75, 3.05) is 27.9 Å². The lowest BCUT2D eigenvalue weighted by atomic mass is 10.2. The molecule has 0 bridgehead atoms. The molecule has 0 spiro atoms. The highest BCUT2D eigenvalue weighted by Gasteiger charge is 2.43. The fourth-order valence-corrected chi connectivity index (χ4v) is 4.20. The van der Waals surface area contributed by atoms with Crippen LogP contribution in [0.15, 0.2) is 46.1 Å². The molecule has 192 valence electrons. The number of nitrogens with zero attached hydrogens (tertiary/aromatic N) is 2. The molecule has 0 aliphatic heterocycles. The third-order valence-electron chi connectivity index (χ3n) is 5.00. The summed E-state index contributed by atoms with van der Waals surface area (Å²) < 4.78 is 33.0. The smallest absolute Gasteiger partial charge is 0.370 e. The van der Waals surface area contributed by atoms with Crippen molar-refractivity contribution in [1.82, 2.24) is 9.13 Å². The largest absolute Gasteiger partial charge is 0.467 e. The van der Waals surface area contributed by atoms with Crippen LogP contribution in [0.3, 0.4) is 0 Å². The lowest BCUT2D eigenvalue weighted by Gasteiger charge is -2.25. The maximum atomic E-state index is 12.9. The summed E-state index contributed by atoms with van der Waals surface area (Å²) in [6.07, 6.45) is -2.22. The highest BCUT2D eigenvalue weighted by atomic mass is 31.2. The van der Waals surface area contributed by atoms with Crippen molar-refractivity contribution in [1.29, 1.82) is 0 Å². The van der Waals surface area contributed by atoms with Gasteiger partial charge in [-0.2, -0.15) is 4.57 Å². The lowest BCUT2D eigenvalue weighted by molar-refractivity contribution is -0.152. The van der Waals surface area contributed by atoms with Crippen molar-refractivity contribution in [3.05, 3.63) is 68.5 Å². The number of aliphatic hydroxyl groups excluding tert-OH is 2. The van der Waals surface area contributed by atoms with Gasteiger partial charge in [-0.3, -0.25) is 18.7 Å². The van der Waals surface area contributed by atoms with E-state index < -0.39 is 61.9 Å². The molecule has 0 aliphatic carbocycles. The lowest BCUT2D eigenvalue weighted by Crippen LogP contribution is -2.47. The average molecular weight is 514 g/mol. The van der Waals surface area contributed by atoms with Crippen LogP contribution in [0.5, 0.6) is 0 Å². The number of aliphatic hydroxyl groups is 2. The van der Waals surface area contributed by atoms with E-state index in [0.29, 0.717) is 4.57 Å². The van der Waals surface area contributed by atoms with Crippen LogP contribution >= 0.6 is 7.60 Å². The van der Waals surface area contributed by atoms with Gasteiger partial charge < -0.3 is 28.7 Å². The second kappa shape index (κ2) is 12.2. The highest BCUT2D eigenvalue weighted by Crippen LogP contribution is 2.52. The van der Waals surface area contributed by atoms with Crippen molar-refractivity contribution < 1.29 is 42.9 Å². The number of carbonyl (C=O) groups is 2. The first kappa shape index (κ1) is 28.3. The molecule has 0 saturated heterocycles. The Morgan fingerprint density at radius 1 is 1.03 bits per heavy atom. The summed E-state index contributed by atoms with van der Waals surface area (Å²) in [7, 11) is -1.04. The first-order valence-electron chi connectivity index (χ1n) is 10.2. The van der Waals surface area contributed by atoms with Gasteiger partial charge in [-0.25, -0.2) is 9.59 Å². The predicted molar refractivity (Wildman–Crippen MR) is 121 cm³/mol. The van der Waals surface area contributed by atoms with E-state index in [9.17, 15) is 34.0 Å². The van der Waals surface area contributed by atoms with Crippen molar-refractivity contribution in [2.24, 2.45) is 0 Å². The van der Waals surface area contributed by atoms with Crippen LogP contribution in [0.25, 0.3) is 0 Å². The molecule has 2 N–H and O–H groups in total. The Morgan fingerprint density at radius 3 is 2.17 bits per heavy atom. The predicted octanol–water partition coefficient (Wildman–Crippen LogP) is -0.270. The number of methoxy groups -OCH3 is 1. The molecule has 0 fully saturated rings. The molecule has 1 aromatic heterocycles. The molecule has 0 radical (unpaired) electrons. The molecule has 1 unspecified atom stereocenters. The fraction of sp³-hybridized carbons (Fsp3) is 0.429. The maximum Gasteiger partial charge on any atom is 0.370 e. The van der Waals surface area contributed by atoms with Crippen LogP contribution in [-0.2, 0) is 34.4 Å². The molecule has 1 heterocycles. The van der Waals surface area contributed by atoms with Gasteiger partial charge in [-0.15, -0.1) is 0 Å². The van der Waals surface area contributed by atoms with E-state index in [0.717, 1.165) is 32.1 Å². The zero-order chi connectivity index (χ0) is 26.3. The summed E-state index contributed by atoms with van der Waals surface area (Å²) in [5.74, 6) is -3.80. The van der Waals surface area contributed by atoms with Gasteiger partial charge in [0, 0.05) is 31.5 Å². The number of hydrogen-bond donors (Lipinski definition) is 2. The number of carbonyl (C=O) groups excluding carboxylic acids is 2. The van der Waals surface area contributed by atoms with Crippen molar-refractivity contribution in [2.45, 2.75) is 31.5 Å². The van der Waals surface area contributed by atoms with Crippen LogP contribution in [0.2, 0.25) is 0 Å². The van der Waals surface area contributed by atoms with E-state index >= 15 is 0 Å². The summed E-state index contributed by atoms with van der Waals surface area (Å²) in [6, 6.07) is 7.68. The molecule has 0 amide bonds. The van der Waals surface area contributed by atoms with E-state index in [-0.39, 0.29) is 11.1 Å². The third-order valence-corrected chi connectivity index (χ3v) is 6.95. The molecule has 13 nitrogen and oxygen atoms in total. The van der Waals surface area contributed by atoms with Gasteiger partial charge in [-0.05, 0) is 19.1 Å². The fourth-order valence-electron chi connectivity index (χ4n) is 3.03. The van der Waals surface area contributed by atoms with Gasteiger partial charge in [0.05, 0.1) is 20.3 Å². The number of ether oxygens (including phenoxy) is 2. The average Bonchev–Trinajstić information content (AvgIpc) is 2.87. The van der Waals surface area contributed by atoms with E-state index in [2.05, 4.69) is 4.74 Å². The Morgan fingerprint density at radius 2 is 1.63 bits per heavy atom. The van der Waals surface area contributed by atoms with Gasteiger partial charge >= 0.3 is 19.3 Å². The van der Waals surface area contributed by atoms with Crippen LogP contribution < -0.4 is 11.2 Å². The number of benzene rings is 1. The second-order valence-electron chi connectivity index (χ2n) is 7.31. The van der Waals surface area contributed by atoms with E-state index in [1.807, 2.05) is 0 Å². The van der Waals surface area contributed by atoms with Crippen LogP contribution in [-0.4, -0.2) is 77.2 Å². The Kier molecular flexibility index (Phi) is 9.83. The molecule has 0 aliphatic rings. The molecule has 14 heteroatoms. The molecular weight excluding hydrogens is 487 g/mol. The molecule has 35 heavy (non-hydrogen) atoms. The minimum absolute atomic E-state index is 0.0405. The zero-order valence-corrected chi connectivity index (χ0v) is 20.4. The van der Waals surface area contributed by atoms with Crippen molar-refractivity contribution in [3.8, 4) is 0 Å². The SMILES string of the molecule is COC(=O)C(OC[C@H](O)[C@H](O)Cn1cc(C)c(=O)n(C(=O)c2ccccc2)c1=O)P(=O)(OC)OC. The topological polar surface area (TPSA) is 173 Å². The van der Waals surface area contributed by atoms with Gasteiger partial charge in [0.1, 0.15) is 12.2 Å². The summed E-state index contributed by atoms with van der Waals surface area (Å²) in [6.45, 7) is 0.114. The monoisotopic (exact) mass is 514 g/mol. The van der Waals surface area contributed by atoms with Gasteiger partial charge in [0.15, 0.2) is 0 Å². The van der Waals surface area contributed by atoms with Crippen molar-refractivity contribution >= 4 is 19.5 Å². The van der Waals surface area contributed by atoms with Crippen LogP contribution in [0.1, 0.15) is 15.9 Å². The minimum Gasteiger partial charge on any atom is -0.467 e. The van der Waals surface area contributed by atoms with Crippen molar-refractivity contribution in [3.63, 3.8) is 0 Å². The first-order chi connectivity index (χ1) is 16.5. The van der Waals surface area contributed by atoms with Gasteiger partial charge in [-0.1, -0.05) is 18.2 Å². The van der Waals surface area contributed by atoms with E-state index in [4.69, 9.17) is 13.8 Å². The second-order valence-corrected chi connectivity index (χ2v) is 9.59.